The zero-order valence-electron chi connectivity index (χ0n) is 12.5. The lowest BCUT2D eigenvalue weighted by atomic mass is 10.4. The van der Waals surface area contributed by atoms with E-state index in [0.29, 0.717) is 10.8 Å². The number of hydrogen-bond acceptors (Lipinski definition) is 5. The molecule has 2 N–H and O–H groups in total. The minimum absolute atomic E-state index is 0.0860. The molecule has 0 aromatic carbocycles. The van der Waals surface area contributed by atoms with Gasteiger partial charge >= 0.3 is 0 Å². The van der Waals surface area contributed by atoms with E-state index in [0.717, 1.165) is 24.5 Å². The topological polar surface area (TPSA) is 71.1 Å². The van der Waals surface area contributed by atoms with Gasteiger partial charge < -0.3 is 5.32 Å². The molecular formula is C13H22ClN3O2S2. The van der Waals surface area contributed by atoms with E-state index in [4.69, 9.17) is 11.6 Å². The second-order valence-electron chi connectivity index (χ2n) is 4.61. The van der Waals surface area contributed by atoms with Crippen molar-refractivity contribution in [3.8, 4) is 0 Å². The Labute approximate surface area is 136 Å². The summed E-state index contributed by atoms with van der Waals surface area (Å²) in [5.41, 5.74) is 0. The van der Waals surface area contributed by atoms with Crippen molar-refractivity contribution >= 4 is 39.2 Å². The molecule has 1 aromatic heterocycles. The molecule has 1 unspecified atom stereocenters. The molecule has 0 spiro atoms. The van der Waals surface area contributed by atoms with Crippen LogP contribution in [0.25, 0.3) is 0 Å². The zero-order chi connectivity index (χ0) is 15.9. The number of nitrogens with zero attached hydrogens (tertiary/aromatic N) is 1. The first-order valence-electron chi connectivity index (χ1n) is 6.90. The Morgan fingerprint density at radius 3 is 2.71 bits per heavy atom. The Morgan fingerprint density at radius 1 is 1.43 bits per heavy atom. The summed E-state index contributed by atoms with van der Waals surface area (Å²) in [5.74, 6) is 2.19. The van der Waals surface area contributed by atoms with Crippen molar-refractivity contribution in [1.82, 2.24) is 9.71 Å². The Hall–Kier alpha value is -0.500. The van der Waals surface area contributed by atoms with Gasteiger partial charge in [0, 0.05) is 24.5 Å². The second kappa shape index (κ2) is 8.82. The van der Waals surface area contributed by atoms with Crippen LogP contribution in [0.2, 0.25) is 5.02 Å². The predicted molar refractivity (Wildman–Crippen MR) is 90.8 cm³/mol. The van der Waals surface area contributed by atoms with E-state index < -0.39 is 10.0 Å². The quantitative estimate of drug-likeness (QED) is 0.715. The first-order chi connectivity index (χ1) is 9.90. The van der Waals surface area contributed by atoms with Gasteiger partial charge in [-0.15, -0.1) is 0 Å². The van der Waals surface area contributed by atoms with Gasteiger partial charge in [0.2, 0.25) is 10.0 Å². The largest absolute Gasteiger partial charge is 0.369 e. The summed E-state index contributed by atoms with van der Waals surface area (Å²) < 4.78 is 27.1. The highest BCUT2D eigenvalue weighted by Gasteiger charge is 2.19. The summed E-state index contributed by atoms with van der Waals surface area (Å²) in [4.78, 5) is 4.17. The van der Waals surface area contributed by atoms with Gasteiger partial charge in [0.05, 0.1) is 5.02 Å². The van der Waals surface area contributed by atoms with Crippen LogP contribution in [0.1, 0.15) is 27.2 Å². The van der Waals surface area contributed by atoms with Crippen LogP contribution in [0, 0.1) is 0 Å². The minimum atomic E-state index is -3.59. The van der Waals surface area contributed by atoms with Crippen molar-refractivity contribution in [3.05, 3.63) is 17.3 Å². The molecule has 0 radical (unpaired) electrons. The fraction of sp³-hybridized carbons (Fsp3) is 0.615. The molecule has 0 aliphatic carbocycles. The minimum Gasteiger partial charge on any atom is -0.369 e. The summed E-state index contributed by atoms with van der Waals surface area (Å²) in [5, 5.41) is 3.36. The maximum atomic E-state index is 12.2. The van der Waals surface area contributed by atoms with Gasteiger partial charge in [0.1, 0.15) is 10.7 Å². The third-order valence-electron chi connectivity index (χ3n) is 2.60. The Morgan fingerprint density at radius 2 is 2.14 bits per heavy atom. The highest BCUT2D eigenvalue weighted by atomic mass is 35.5. The normalized spacial score (nSPS) is 13.1. The van der Waals surface area contributed by atoms with Crippen LogP contribution in [-0.2, 0) is 10.0 Å². The van der Waals surface area contributed by atoms with Crippen LogP contribution in [0.4, 0.5) is 5.82 Å². The SMILES string of the molecule is CCCNc1ncc(S(=O)(=O)NC(C)CSCC)cc1Cl. The fourth-order valence-corrected chi connectivity index (χ4v) is 3.89. The van der Waals surface area contributed by atoms with Gasteiger partial charge in [-0.1, -0.05) is 25.4 Å². The van der Waals surface area contributed by atoms with Crippen LogP contribution in [0.15, 0.2) is 17.2 Å². The smallest absolute Gasteiger partial charge is 0.242 e. The molecule has 1 aromatic rings. The number of hydrogen-bond donors (Lipinski definition) is 2. The van der Waals surface area contributed by atoms with E-state index in [1.54, 1.807) is 11.8 Å². The van der Waals surface area contributed by atoms with Crippen LogP contribution < -0.4 is 10.0 Å². The number of nitrogens with one attached hydrogen (secondary N) is 2. The molecule has 0 saturated heterocycles. The fourth-order valence-electron chi connectivity index (χ4n) is 1.60. The van der Waals surface area contributed by atoms with Crippen molar-refractivity contribution in [1.29, 1.82) is 0 Å². The number of halogens is 1. The molecular weight excluding hydrogens is 330 g/mol. The summed E-state index contributed by atoms with van der Waals surface area (Å²) in [6.07, 6.45) is 2.26. The van der Waals surface area contributed by atoms with E-state index in [1.165, 1.54) is 12.3 Å². The number of aromatic nitrogens is 1. The molecule has 0 aliphatic rings. The lowest BCUT2D eigenvalue weighted by Crippen LogP contribution is -2.34. The van der Waals surface area contributed by atoms with Crippen molar-refractivity contribution < 1.29 is 8.42 Å². The average Bonchev–Trinajstić information content (AvgIpc) is 2.43. The van der Waals surface area contributed by atoms with Crippen LogP contribution >= 0.6 is 23.4 Å². The first-order valence-corrected chi connectivity index (χ1v) is 9.91. The number of thioether (sulfide) groups is 1. The summed E-state index contributed by atoms with van der Waals surface area (Å²) >= 11 is 7.76. The number of sulfonamides is 1. The van der Waals surface area contributed by atoms with Crippen molar-refractivity contribution in [3.63, 3.8) is 0 Å². The van der Waals surface area contributed by atoms with Gasteiger partial charge in [-0.3, -0.25) is 0 Å². The molecule has 0 bridgehead atoms. The molecule has 1 atom stereocenters. The van der Waals surface area contributed by atoms with Crippen molar-refractivity contribution in [2.45, 2.75) is 38.1 Å². The molecule has 1 rings (SSSR count). The second-order valence-corrected chi connectivity index (χ2v) is 8.05. The summed E-state index contributed by atoms with van der Waals surface area (Å²) in [7, 11) is -3.59. The van der Waals surface area contributed by atoms with E-state index in [9.17, 15) is 8.42 Å². The van der Waals surface area contributed by atoms with E-state index in [2.05, 4.69) is 15.0 Å². The van der Waals surface area contributed by atoms with E-state index >= 15 is 0 Å². The highest BCUT2D eigenvalue weighted by molar-refractivity contribution is 7.99. The van der Waals surface area contributed by atoms with Crippen molar-refractivity contribution in [2.75, 3.05) is 23.4 Å². The molecule has 0 amide bonds. The molecule has 120 valence electrons. The molecule has 0 saturated carbocycles. The third-order valence-corrected chi connectivity index (χ3v) is 5.59. The van der Waals surface area contributed by atoms with Crippen LogP contribution in [-0.4, -0.2) is 37.5 Å². The molecule has 5 nitrogen and oxygen atoms in total. The summed E-state index contributed by atoms with van der Waals surface area (Å²) in [6, 6.07) is 1.28. The van der Waals surface area contributed by atoms with Crippen molar-refractivity contribution in [2.24, 2.45) is 0 Å². The lowest BCUT2D eigenvalue weighted by molar-refractivity contribution is 0.570. The van der Waals surface area contributed by atoms with E-state index in [-0.39, 0.29) is 10.9 Å². The first kappa shape index (κ1) is 18.5. The Kier molecular flexibility index (Phi) is 7.79. The van der Waals surface area contributed by atoms with Gasteiger partial charge in [0.15, 0.2) is 0 Å². The van der Waals surface area contributed by atoms with Crippen LogP contribution in [0.5, 0.6) is 0 Å². The third kappa shape index (κ3) is 6.02. The van der Waals surface area contributed by atoms with Crippen LogP contribution in [0.3, 0.4) is 0 Å². The molecule has 0 fully saturated rings. The van der Waals surface area contributed by atoms with Gasteiger partial charge in [-0.25, -0.2) is 18.1 Å². The zero-order valence-corrected chi connectivity index (χ0v) is 14.9. The van der Waals surface area contributed by atoms with Gasteiger partial charge in [0.25, 0.3) is 0 Å². The predicted octanol–water partition coefficient (Wildman–Crippen LogP) is 2.98. The van der Waals surface area contributed by atoms with Gasteiger partial charge in [-0.2, -0.15) is 11.8 Å². The molecule has 1 heterocycles. The molecule has 0 aliphatic heterocycles. The lowest BCUT2D eigenvalue weighted by Gasteiger charge is -2.14. The maximum absolute atomic E-state index is 12.2. The highest BCUT2D eigenvalue weighted by Crippen LogP contribution is 2.22. The molecule has 21 heavy (non-hydrogen) atoms. The number of rotatable bonds is 9. The molecule has 8 heteroatoms. The van der Waals surface area contributed by atoms with E-state index in [1.807, 2.05) is 20.8 Å². The standard InChI is InChI=1S/C13H22ClN3O2S2/c1-4-6-15-13-12(14)7-11(8-16-13)21(18,19)17-10(3)9-20-5-2/h7-8,10,17H,4-6,9H2,1-3H3,(H,15,16). The number of anilines is 1. The monoisotopic (exact) mass is 351 g/mol. The number of pyridine rings is 1. The summed E-state index contributed by atoms with van der Waals surface area (Å²) in [6.45, 7) is 6.64. The Bertz CT molecular complexity index is 552. The average molecular weight is 352 g/mol. The Balaban J connectivity index is 2.81. The maximum Gasteiger partial charge on any atom is 0.242 e. The van der Waals surface area contributed by atoms with Gasteiger partial charge in [-0.05, 0) is 25.2 Å².